The minimum absolute atomic E-state index is 0.190. The Kier molecular flexibility index (Phi) is 3.70. The Hall–Kier alpha value is -2.21. The zero-order chi connectivity index (χ0) is 14.8. The fraction of sp³-hybridized carbons (Fsp3) is 0.0667. The molecule has 0 fully saturated rings. The van der Waals surface area contributed by atoms with Crippen molar-refractivity contribution in [3.8, 4) is 17.1 Å². The number of benzene rings is 2. The van der Waals surface area contributed by atoms with Gasteiger partial charge in [-0.25, -0.2) is 4.39 Å². The molecular formula is C15H10BrFN2O2. The summed E-state index contributed by atoms with van der Waals surface area (Å²) in [5.41, 5.74) is 1.53. The van der Waals surface area contributed by atoms with E-state index in [0.717, 1.165) is 5.56 Å². The van der Waals surface area contributed by atoms with E-state index in [9.17, 15) is 9.50 Å². The number of rotatable bonds is 3. The van der Waals surface area contributed by atoms with Gasteiger partial charge in [-0.05, 0) is 51.8 Å². The Bertz CT molecular complexity index is 789. The van der Waals surface area contributed by atoms with Gasteiger partial charge >= 0.3 is 0 Å². The van der Waals surface area contributed by atoms with Crippen LogP contribution in [-0.2, 0) is 6.42 Å². The minimum atomic E-state index is -0.345. The van der Waals surface area contributed by atoms with Crippen molar-refractivity contribution in [3.63, 3.8) is 0 Å². The molecular weight excluding hydrogens is 339 g/mol. The first kappa shape index (κ1) is 13.8. The van der Waals surface area contributed by atoms with Crippen LogP contribution in [0.25, 0.3) is 11.4 Å². The van der Waals surface area contributed by atoms with Crippen LogP contribution in [0.1, 0.15) is 11.5 Å². The number of aromatic hydroxyl groups is 1. The smallest absolute Gasteiger partial charge is 0.231 e. The molecule has 3 rings (SSSR count). The van der Waals surface area contributed by atoms with Gasteiger partial charge in [-0.3, -0.25) is 0 Å². The van der Waals surface area contributed by atoms with Gasteiger partial charge in [-0.15, -0.1) is 0 Å². The van der Waals surface area contributed by atoms with Crippen molar-refractivity contribution >= 4 is 15.9 Å². The average Bonchev–Trinajstić information content (AvgIpc) is 2.90. The predicted octanol–water partition coefficient (Wildman–Crippen LogP) is 3.93. The lowest BCUT2D eigenvalue weighted by molar-refractivity contribution is 0.385. The summed E-state index contributed by atoms with van der Waals surface area (Å²) < 4.78 is 18.7. The van der Waals surface area contributed by atoms with Crippen LogP contribution in [0, 0.1) is 5.82 Å². The molecule has 0 aliphatic carbocycles. The molecule has 0 aliphatic rings. The van der Waals surface area contributed by atoms with Gasteiger partial charge in [0.2, 0.25) is 11.7 Å². The van der Waals surface area contributed by atoms with Crippen molar-refractivity contribution in [1.29, 1.82) is 0 Å². The minimum Gasteiger partial charge on any atom is -0.508 e. The molecule has 1 aromatic heterocycles. The summed E-state index contributed by atoms with van der Waals surface area (Å²) in [6.07, 6.45) is 0.420. The van der Waals surface area contributed by atoms with Crippen molar-refractivity contribution < 1.29 is 14.0 Å². The Morgan fingerprint density at radius 3 is 2.81 bits per heavy atom. The SMILES string of the molecule is Oc1cccc(Cc2nc(-c3ccc(F)c(Br)c3)no2)c1. The van der Waals surface area contributed by atoms with Crippen LogP contribution in [0.4, 0.5) is 4.39 Å². The summed E-state index contributed by atoms with van der Waals surface area (Å²) in [4.78, 5) is 4.27. The maximum Gasteiger partial charge on any atom is 0.231 e. The van der Waals surface area contributed by atoms with Crippen LogP contribution in [-0.4, -0.2) is 15.2 Å². The highest BCUT2D eigenvalue weighted by Gasteiger charge is 2.11. The third-order valence-corrected chi connectivity index (χ3v) is 3.52. The first-order valence-electron chi connectivity index (χ1n) is 6.18. The molecule has 2 aromatic carbocycles. The number of nitrogens with zero attached hydrogens (tertiary/aromatic N) is 2. The summed E-state index contributed by atoms with van der Waals surface area (Å²) in [5.74, 6) is 0.666. The van der Waals surface area contributed by atoms with Crippen LogP contribution in [0.2, 0.25) is 0 Å². The van der Waals surface area contributed by atoms with Gasteiger partial charge in [0.05, 0.1) is 10.9 Å². The molecule has 3 aromatic rings. The lowest BCUT2D eigenvalue weighted by Crippen LogP contribution is -1.88. The fourth-order valence-corrected chi connectivity index (χ4v) is 2.30. The van der Waals surface area contributed by atoms with E-state index in [4.69, 9.17) is 4.52 Å². The number of halogens is 2. The molecule has 4 nitrogen and oxygen atoms in total. The molecule has 106 valence electrons. The van der Waals surface area contributed by atoms with Gasteiger partial charge in [-0.2, -0.15) is 4.98 Å². The highest BCUT2D eigenvalue weighted by atomic mass is 79.9. The van der Waals surface area contributed by atoms with Crippen molar-refractivity contribution in [2.45, 2.75) is 6.42 Å². The molecule has 0 amide bonds. The summed E-state index contributed by atoms with van der Waals surface area (Å²) in [6, 6.07) is 11.4. The van der Waals surface area contributed by atoms with Gasteiger partial charge in [0.25, 0.3) is 0 Å². The predicted molar refractivity (Wildman–Crippen MR) is 78.3 cm³/mol. The standard InChI is InChI=1S/C15H10BrFN2O2/c16-12-8-10(4-5-13(12)17)15-18-14(21-19-15)7-9-2-1-3-11(20)6-9/h1-6,8,20H,7H2. The average molecular weight is 349 g/mol. The second-order valence-electron chi connectivity index (χ2n) is 4.49. The molecule has 6 heteroatoms. The molecule has 1 heterocycles. The topological polar surface area (TPSA) is 59.2 Å². The molecule has 0 saturated carbocycles. The zero-order valence-corrected chi connectivity index (χ0v) is 12.3. The third kappa shape index (κ3) is 3.11. The number of phenolic OH excluding ortho intramolecular Hbond substituents is 1. The first-order chi connectivity index (χ1) is 10.1. The highest BCUT2D eigenvalue weighted by molar-refractivity contribution is 9.10. The van der Waals surface area contributed by atoms with Crippen LogP contribution in [0.5, 0.6) is 5.75 Å². The molecule has 0 saturated heterocycles. The van der Waals surface area contributed by atoms with Gasteiger partial charge < -0.3 is 9.63 Å². The second-order valence-corrected chi connectivity index (χ2v) is 5.34. The quantitative estimate of drug-likeness (QED) is 0.778. The molecule has 0 aliphatic heterocycles. The molecule has 0 bridgehead atoms. The van der Waals surface area contributed by atoms with Crippen molar-refractivity contribution in [1.82, 2.24) is 10.1 Å². The van der Waals surface area contributed by atoms with E-state index in [1.165, 1.54) is 6.07 Å². The van der Waals surface area contributed by atoms with Crippen LogP contribution in [0.15, 0.2) is 51.5 Å². The molecule has 1 N–H and O–H groups in total. The second kappa shape index (κ2) is 5.65. The summed E-state index contributed by atoms with van der Waals surface area (Å²) in [5, 5.41) is 13.3. The third-order valence-electron chi connectivity index (χ3n) is 2.91. The number of aromatic nitrogens is 2. The molecule has 0 unspecified atom stereocenters. The summed E-state index contributed by atoms with van der Waals surface area (Å²) >= 11 is 3.12. The molecule has 0 radical (unpaired) electrons. The largest absolute Gasteiger partial charge is 0.508 e. The van der Waals surface area contributed by atoms with E-state index in [-0.39, 0.29) is 11.6 Å². The lowest BCUT2D eigenvalue weighted by atomic mass is 10.1. The number of hydrogen-bond donors (Lipinski definition) is 1. The summed E-state index contributed by atoms with van der Waals surface area (Å²) in [7, 11) is 0. The van der Waals surface area contributed by atoms with Crippen LogP contribution < -0.4 is 0 Å². The molecule has 21 heavy (non-hydrogen) atoms. The fourth-order valence-electron chi connectivity index (χ4n) is 1.92. The highest BCUT2D eigenvalue weighted by Crippen LogP contribution is 2.24. The monoisotopic (exact) mass is 348 g/mol. The number of phenols is 1. The Morgan fingerprint density at radius 2 is 2.05 bits per heavy atom. The first-order valence-corrected chi connectivity index (χ1v) is 6.97. The van der Waals surface area contributed by atoms with E-state index < -0.39 is 0 Å². The van der Waals surface area contributed by atoms with E-state index in [0.29, 0.717) is 28.2 Å². The van der Waals surface area contributed by atoms with Crippen molar-refractivity contribution in [2.24, 2.45) is 0 Å². The van der Waals surface area contributed by atoms with E-state index in [1.807, 2.05) is 6.07 Å². The van der Waals surface area contributed by atoms with E-state index in [2.05, 4.69) is 26.1 Å². The van der Waals surface area contributed by atoms with Gasteiger partial charge in [0.1, 0.15) is 11.6 Å². The van der Waals surface area contributed by atoms with Crippen molar-refractivity contribution in [3.05, 3.63) is 64.2 Å². The van der Waals surface area contributed by atoms with Crippen LogP contribution in [0.3, 0.4) is 0 Å². The zero-order valence-electron chi connectivity index (χ0n) is 10.8. The normalized spacial score (nSPS) is 10.8. The Balaban J connectivity index is 1.84. The maximum absolute atomic E-state index is 13.2. The lowest BCUT2D eigenvalue weighted by Gasteiger charge is -1.97. The van der Waals surface area contributed by atoms with Crippen molar-refractivity contribution in [2.75, 3.05) is 0 Å². The van der Waals surface area contributed by atoms with E-state index >= 15 is 0 Å². The van der Waals surface area contributed by atoms with Crippen LogP contribution >= 0.6 is 15.9 Å². The molecule has 0 atom stereocenters. The molecule has 0 spiro atoms. The van der Waals surface area contributed by atoms with Gasteiger partial charge in [0, 0.05) is 5.56 Å². The Morgan fingerprint density at radius 1 is 1.19 bits per heavy atom. The van der Waals surface area contributed by atoms with Gasteiger partial charge in [0.15, 0.2) is 0 Å². The number of hydrogen-bond acceptors (Lipinski definition) is 4. The van der Waals surface area contributed by atoms with Gasteiger partial charge in [-0.1, -0.05) is 17.3 Å². The van der Waals surface area contributed by atoms with E-state index in [1.54, 1.807) is 30.3 Å². The Labute approximate surface area is 128 Å². The summed E-state index contributed by atoms with van der Waals surface area (Å²) in [6.45, 7) is 0. The maximum atomic E-state index is 13.2.